The molecule has 0 aliphatic carbocycles. The minimum Gasteiger partial charge on any atom is -0.458 e. The van der Waals surface area contributed by atoms with Crippen LogP contribution in [0.5, 0.6) is 92.0 Å². The van der Waals surface area contributed by atoms with Gasteiger partial charge in [-0.15, -0.1) is 0 Å². The van der Waals surface area contributed by atoms with Gasteiger partial charge in [-0.2, -0.15) is 0 Å². The van der Waals surface area contributed by atoms with Crippen molar-refractivity contribution in [2.24, 2.45) is 0 Å². The number of hydrogen-bond acceptors (Lipinski definition) is 8. The summed E-state index contributed by atoms with van der Waals surface area (Å²) in [6, 6.07) is 115. The zero-order valence-corrected chi connectivity index (χ0v) is 66.9. The smallest absolute Gasteiger partial charge is 0.260 e. The SMILES string of the molecule is CC(C)c1ccc2c(c1)Oc1cccc3c1B2c1ccc(C(C)C)cc1O3.Cc1ccc(-c2ccc3c(c2)B2c4cc(-c5ccc(C)cc5)ccc4Oc4cccc(c42)O3)cc1.Cc1ccc(-c2ccc3c(c2)B2c4ccccc4Oc4cccc(c42)O3)cc1.Cc1ccc(-c2ccc3c(c2)Oc2cccc4c2B3c2ccccc2O4)cc1. The van der Waals surface area contributed by atoms with Gasteiger partial charge in [-0.3, -0.25) is 0 Å². The summed E-state index contributed by atoms with van der Waals surface area (Å²) in [5.41, 5.74) is 31.3. The van der Waals surface area contributed by atoms with Crippen LogP contribution in [0.15, 0.2) is 328 Å². The molecule has 0 aromatic heterocycles. The second-order valence-electron chi connectivity index (χ2n) is 32.7. The highest BCUT2D eigenvalue weighted by atomic mass is 16.5. The molecule has 16 aromatic rings. The molecule has 16 aromatic carbocycles. The maximum atomic E-state index is 6.40. The summed E-state index contributed by atoms with van der Waals surface area (Å²) >= 11 is 0. The van der Waals surface area contributed by atoms with E-state index in [4.69, 9.17) is 37.9 Å². The van der Waals surface area contributed by atoms with Gasteiger partial charge in [0.1, 0.15) is 92.0 Å². The van der Waals surface area contributed by atoms with Crippen molar-refractivity contribution >= 4 is 92.4 Å². The minimum absolute atomic E-state index is 0.0458. The number of hydrogen-bond donors (Lipinski definition) is 0. The number of rotatable bonds is 6. The Hall–Kier alpha value is -13.8. The van der Waals surface area contributed by atoms with Crippen LogP contribution in [-0.2, 0) is 0 Å². The molecular formula is C106H80B4O8. The van der Waals surface area contributed by atoms with Gasteiger partial charge in [0, 0.05) is 21.9 Å². The Morgan fingerprint density at radius 1 is 0.169 bits per heavy atom. The molecule has 564 valence electrons. The monoisotopic (exact) mass is 1520 g/mol. The fourth-order valence-electron chi connectivity index (χ4n) is 18.1. The molecule has 8 heterocycles. The zero-order chi connectivity index (χ0) is 79.6. The van der Waals surface area contributed by atoms with E-state index in [-0.39, 0.29) is 26.9 Å². The molecule has 8 nitrogen and oxygen atoms in total. The fourth-order valence-corrected chi connectivity index (χ4v) is 18.1. The molecular weight excluding hydrogens is 1440 g/mol. The summed E-state index contributed by atoms with van der Waals surface area (Å²) in [7, 11) is 0. The first kappa shape index (κ1) is 71.9. The predicted octanol–water partition coefficient (Wildman–Crippen LogP) is 19.8. The number of fused-ring (bicyclic) bond motifs is 16. The van der Waals surface area contributed by atoms with Crippen molar-refractivity contribution < 1.29 is 37.9 Å². The van der Waals surface area contributed by atoms with E-state index in [9.17, 15) is 0 Å². The molecule has 24 rings (SSSR count). The van der Waals surface area contributed by atoms with Crippen LogP contribution in [0.1, 0.15) is 72.9 Å². The van der Waals surface area contributed by atoms with Crippen molar-refractivity contribution in [3.8, 4) is 136 Å². The Kier molecular flexibility index (Phi) is 17.8. The van der Waals surface area contributed by atoms with Crippen molar-refractivity contribution in [2.75, 3.05) is 0 Å². The Bertz CT molecular complexity index is 6500. The second kappa shape index (κ2) is 29.2. The van der Waals surface area contributed by atoms with E-state index < -0.39 is 0 Å². The van der Waals surface area contributed by atoms with Gasteiger partial charge >= 0.3 is 0 Å². The summed E-state index contributed by atoms with van der Waals surface area (Å²) in [4.78, 5) is 0. The molecule has 0 atom stereocenters. The summed E-state index contributed by atoms with van der Waals surface area (Å²) in [5.74, 6) is 15.5. The molecule has 0 radical (unpaired) electrons. The third-order valence-corrected chi connectivity index (χ3v) is 24.3. The lowest BCUT2D eigenvalue weighted by atomic mass is 9.34. The largest absolute Gasteiger partial charge is 0.458 e. The van der Waals surface area contributed by atoms with Gasteiger partial charge < -0.3 is 37.9 Å². The number of para-hydroxylation sites is 2. The Balaban J connectivity index is 0.0000000984. The maximum Gasteiger partial charge on any atom is 0.260 e. The van der Waals surface area contributed by atoms with E-state index in [0.29, 0.717) is 11.8 Å². The van der Waals surface area contributed by atoms with Crippen LogP contribution in [0.25, 0.3) is 44.5 Å². The standard InChI is InChI=1S/C32H23BO2.2C25H17BO2.C24H23BO2/c1-20-6-10-22(11-7-20)24-14-16-28-26(18-24)33-27-19-25(23-12-8-21(2)9-13-23)15-17-29(27)35-31-5-3-4-30(34-28)32(31)33;1-16-9-11-17(12-10-16)18-13-14-22-20(15-18)26-19-5-2-3-6-21(19)27-23-7-4-8-24(28-22)25(23)26;1-16-9-11-17(12-10-16)18-13-14-20-24(15-18)28-23-8-4-7-22-25(23)26(20)19-5-2-3-6-21(19)27-22;1-14(2)16-8-10-18-22(12-16)26-20-6-5-7-21-24(20)25(18)19-11-9-17(15(3)4)13-23(19)27-21/h3-19H,1-2H3;2*2-15H,1H3;5-15H,1-4H3. The third-order valence-electron chi connectivity index (χ3n) is 24.3. The molecule has 12 heteroatoms. The topological polar surface area (TPSA) is 73.8 Å². The lowest BCUT2D eigenvalue weighted by Crippen LogP contribution is -2.57. The molecule has 0 saturated carbocycles. The molecule has 0 spiro atoms. The van der Waals surface area contributed by atoms with E-state index in [1.165, 1.54) is 122 Å². The van der Waals surface area contributed by atoms with Crippen molar-refractivity contribution in [1.82, 2.24) is 0 Å². The van der Waals surface area contributed by atoms with Crippen LogP contribution >= 0.6 is 0 Å². The summed E-state index contributed by atoms with van der Waals surface area (Å²) in [6.45, 7) is 17.8. The lowest BCUT2D eigenvalue weighted by Gasteiger charge is -2.33. The number of aryl methyl sites for hydroxylation is 4. The highest BCUT2D eigenvalue weighted by molar-refractivity contribution is 7.00. The number of benzene rings is 16. The van der Waals surface area contributed by atoms with Gasteiger partial charge in [-0.1, -0.05) is 280 Å². The highest BCUT2D eigenvalue weighted by Gasteiger charge is 2.45. The van der Waals surface area contributed by atoms with E-state index >= 15 is 0 Å². The van der Waals surface area contributed by atoms with Crippen LogP contribution < -0.4 is 103 Å². The first-order valence-corrected chi connectivity index (χ1v) is 41.0. The van der Waals surface area contributed by atoms with Crippen LogP contribution in [0.3, 0.4) is 0 Å². The van der Waals surface area contributed by atoms with Crippen LogP contribution in [0.4, 0.5) is 0 Å². The van der Waals surface area contributed by atoms with Crippen molar-refractivity contribution in [1.29, 1.82) is 0 Å². The van der Waals surface area contributed by atoms with Crippen LogP contribution in [0, 0.1) is 27.7 Å². The van der Waals surface area contributed by atoms with Gasteiger partial charge in [-0.25, -0.2) is 0 Å². The zero-order valence-electron chi connectivity index (χ0n) is 66.9. The Morgan fingerprint density at radius 2 is 0.381 bits per heavy atom. The second-order valence-corrected chi connectivity index (χ2v) is 32.7. The normalized spacial score (nSPS) is 13.0. The van der Waals surface area contributed by atoms with Crippen molar-refractivity contribution in [3.63, 3.8) is 0 Å². The van der Waals surface area contributed by atoms with E-state index in [0.717, 1.165) is 114 Å². The van der Waals surface area contributed by atoms with Gasteiger partial charge in [0.15, 0.2) is 0 Å². The average Bonchev–Trinajstić information content (AvgIpc) is 0.747. The van der Waals surface area contributed by atoms with Crippen molar-refractivity contribution in [3.05, 3.63) is 361 Å². The van der Waals surface area contributed by atoms with Crippen molar-refractivity contribution in [2.45, 2.75) is 67.2 Å². The molecule has 8 aliphatic heterocycles. The Labute approximate surface area is 690 Å². The molecule has 0 N–H and O–H groups in total. The summed E-state index contributed by atoms with van der Waals surface area (Å²) in [6.07, 6.45) is 0. The Morgan fingerprint density at radius 3 is 0.686 bits per heavy atom. The lowest BCUT2D eigenvalue weighted by molar-refractivity contribution is 0.463. The van der Waals surface area contributed by atoms with Gasteiger partial charge in [0.05, 0.1) is 0 Å². The van der Waals surface area contributed by atoms with E-state index in [1.54, 1.807) is 0 Å². The minimum atomic E-state index is 0.0458. The van der Waals surface area contributed by atoms with E-state index in [2.05, 4.69) is 286 Å². The van der Waals surface area contributed by atoms with Crippen LogP contribution in [-0.4, -0.2) is 26.9 Å². The summed E-state index contributed by atoms with van der Waals surface area (Å²) in [5, 5.41) is 0. The molecule has 0 unspecified atom stereocenters. The van der Waals surface area contributed by atoms with Gasteiger partial charge in [0.2, 0.25) is 0 Å². The average molecular weight is 1530 g/mol. The number of ether oxygens (including phenoxy) is 8. The first-order chi connectivity index (χ1) is 57.7. The molecule has 8 aliphatic rings. The van der Waals surface area contributed by atoms with Gasteiger partial charge in [-0.05, 0) is 236 Å². The molecule has 0 saturated heterocycles. The quantitative estimate of drug-likeness (QED) is 0.153. The van der Waals surface area contributed by atoms with Crippen LogP contribution in [0.2, 0.25) is 0 Å². The molecule has 118 heavy (non-hydrogen) atoms. The van der Waals surface area contributed by atoms with Gasteiger partial charge in [0.25, 0.3) is 26.9 Å². The summed E-state index contributed by atoms with van der Waals surface area (Å²) < 4.78 is 50.4. The molecule has 0 bridgehead atoms. The first-order valence-electron chi connectivity index (χ1n) is 41.0. The maximum absolute atomic E-state index is 6.40. The third kappa shape index (κ3) is 12.8. The molecule has 0 fully saturated rings. The van der Waals surface area contributed by atoms with E-state index in [1.807, 2.05) is 97.1 Å². The molecule has 0 amide bonds. The highest BCUT2D eigenvalue weighted by Crippen LogP contribution is 2.42. The fraction of sp³-hybridized carbons (Fsp3) is 0.0943. The predicted molar refractivity (Wildman–Crippen MR) is 485 cm³/mol.